The average molecular weight is 347 g/mol. The van der Waals surface area contributed by atoms with Crippen molar-refractivity contribution in [3.8, 4) is 0 Å². The molecule has 0 bridgehead atoms. The predicted octanol–water partition coefficient (Wildman–Crippen LogP) is -0.611. The summed E-state index contributed by atoms with van der Waals surface area (Å²) in [6.07, 6.45) is -5.12. The molecule has 0 spiro atoms. The molecule has 1 saturated heterocycles. The van der Waals surface area contributed by atoms with Crippen molar-refractivity contribution < 1.29 is 36.3 Å². The number of hydrogen-bond acceptors (Lipinski definition) is 4. The Morgan fingerprint density at radius 3 is 2.27 bits per heavy atom. The van der Waals surface area contributed by atoms with E-state index in [1.165, 1.54) is 14.1 Å². The van der Waals surface area contributed by atoms with E-state index in [1.807, 2.05) is 0 Å². The van der Waals surface area contributed by atoms with Crippen molar-refractivity contribution in [3.63, 3.8) is 0 Å². The SMILES string of the molecule is CN(C)S(=O)(=O)N1CCCC(NC(=O)C(F)(F)F)C1C(=O)O. The molecule has 0 aromatic heterocycles. The lowest BCUT2D eigenvalue weighted by molar-refractivity contribution is -0.175. The van der Waals surface area contributed by atoms with Gasteiger partial charge in [0.25, 0.3) is 10.2 Å². The molecular weight excluding hydrogens is 331 g/mol. The number of nitrogens with one attached hydrogen (secondary N) is 1. The molecule has 0 aliphatic carbocycles. The molecule has 0 radical (unpaired) electrons. The minimum atomic E-state index is -5.17. The summed E-state index contributed by atoms with van der Waals surface area (Å²) in [6, 6.07) is -3.26. The molecule has 8 nitrogen and oxygen atoms in total. The molecule has 1 rings (SSSR count). The second-order valence-corrected chi connectivity index (χ2v) is 7.00. The Balaban J connectivity index is 3.10. The zero-order valence-electron chi connectivity index (χ0n) is 11.8. The summed E-state index contributed by atoms with van der Waals surface area (Å²) in [4.78, 5) is 22.3. The van der Waals surface area contributed by atoms with E-state index in [4.69, 9.17) is 0 Å². The van der Waals surface area contributed by atoms with E-state index in [1.54, 1.807) is 5.32 Å². The van der Waals surface area contributed by atoms with Crippen LogP contribution in [-0.2, 0) is 19.8 Å². The number of halogens is 3. The van der Waals surface area contributed by atoms with E-state index in [0.717, 1.165) is 4.31 Å². The van der Waals surface area contributed by atoms with Gasteiger partial charge >= 0.3 is 18.1 Å². The first kappa shape index (κ1) is 18.6. The van der Waals surface area contributed by atoms with Gasteiger partial charge in [-0.2, -0.15) is 30.2 Å². The molecule has 22 heavy (non-hydrogen) atoms. The quantitative estimate of drug-likeness (QED) is 0.705. The third-order valence-electron chi connectivity index (χ3n) is 3.17. The zero-order chi connectivity index (χ0) is 17.3. The third-order valence-corrected chi connectivity index (χ3v) is 5.10. The Labute approximate surface area is 125 Å². The Morgan fingerprint density at radius 1 is 1.32 bits per heavy atom. The van der Waals surface area contributed by atoms with Gasteiger partial charge in [-0.3, -0.25) is 9.59 Å². The Morgan fingerprint density at radius 2 is 1.86 bits per heavy atom. The molecule has 1 amide bonds. The fourth-order valence-electron chi connectivity index (χ4n) is 2.13. The predicted molar refractivity (Wildman–Crippen MR) is 68.0 cm³/mol. The van der Waals surface area contributed by atoms with Gasteiger partial charge < -0.3 is 10.4 Å². The summed E-state index contributed by atoms with van der Waals surface area (Å²) < 4.78 is 62.4. The number of aliphatic carboxylic acids is 1. The summed E-state index contributed by atoms with van der Waals surface area (Å²) in [7, 11) is -1.80. The molecule has 1 heterocycles. The smallest absolute Gasteiger partial charge is 0.471 e. The first-order chi connectivity index (χ1) is 9.89. The second-order valence-electron chi connectivity index (χ2n) is 4.90. The van der Waals surface area contributed by atoms with Crippen molar-refractivity contribution in [2.24, 2.45) is 0 Å². The zero-order valence-corrected chi connectivity index (χ0v) is 12.6. The summed E-state index contributed by atoms with van der Waals surface area (Å²) >= 11 is 0. The molecule has 1 aliphatic rings. The number of rotatable bonds is 4. The van der Waals surface area contributed by atoms with Crippen LogP contribution < -0.4 is 5.32 Å². The number of alkyl halides is 3. The monoisotopic (exact) mass is 347 g/mol. The number of piperidine rings is 1. The summed E-state index contributed by atoms with van der Waals surface area (Å²) in [5, 5.41) is 10.7. The minimum absolute atomic E-state index is 0.0712. The van der Waals surface area contributed by atoms with Crippen LogP contribution in [0.1, 0.15) is 12.8 Å². The highest BCUT2D eigenvalue weighted by molar-refractivity contribution is 7.86. The minimum Gasteiger partial charge on any atom is -0.480 e. The lowest BCUT2D eigenvalue weighted by Gasteiger charge is -2.39. The summed E-state index contributed by atoms with van der Waals surface area (Å²) in [5.41, 5.74) is 0. The van der Waals surface area contributed by atoms with Gasteiger partial charge in [-0.15, -0.1) is 0 Å². The maximum atomic E-state index is 12.3. The second kappa shape index (κ2) is 6.38. The lowest BCUT2D eigenvalue weighted by atomic mass is 9.98. The number of amides is 1. The van der Waals surface area contributed by atoms with E-state index < -0.39 is 40.3 Å². The van der Waals surface area contributed by atoms with Crippen molar-refractivity contribution in [1.29, 1.82) is 0 Å². The molecule has 1 fully saturated rings. The number of nitrogens with zero attached hydrogens (tertiary/aromatic N) is 2. The maximum Gasteiger partial charge on any atom is 0.471 e. The third kappa shape index (κ3) is 3.87. The Bertz CT molecular complexity index is 549. The molecule has 2 unspecified atom stereocenters. The van der Waals surface area contributed by atoms with Gasteiger partial charge in [-0.05, 0) is 12.8 Å². The molecule has 0 saturated carbocycles. The van der Waals surface area contributed by atoms with Gasteiger partial charge in [0, 0.05) is 20.6 Å². The topological polar surface area (TPSA) is 107 Å². The van der Waals surface area contributed by atoms with Crippen molar-refractivity contribution in [1.82, 2.24) is 13.9 Å². The standard InChI is InChI=1S/C10H16F3N3O5S/c1-15(2)22(20,21)16-5-3-4-6(7(16)8(17)18)14-9(19)10(11,12)13/h6-7H,3-5H2,1-2H3,(H,14,19)(H,17,18). The van der Waals surface area contributed by atoms with E-state index in [9.17, 15) is 36.3 Å². The van der Waals surface area contributed by atoms with E-state index in [-0.39, 0.29) is 19.4 Å². The van der Waals surface area contributed by atoms with Crippen LogP contribution in [0.5, 0.6) is 0 Å². The molecule has 12 heteroatoms. The molecule has 2 N–H and O–H groups in total. The van der Waals surface area contributed by atoms with Crippen LogP contribution in [0.4, 0.5) is 13.2 Å². The Kier molecular flexibility index (Phi) is 5.41. The highest BCUT2D eigenvalue weighted by Crippen LogP contribution is 2.24. The first-order valence-corrected chi connectivity index (χ1v) is 7.58. The molecular formula is C10H16F3N3O5S. The lowest BCUT2D eigenvalue weighted by Crippen LogP contribution is -2.62. The van der Waals surface area contributed by atoms with Crippen molar-refractivity contribution >= 4 is 22.1 Å². The van der Waals surface area contributed by atoms with E-state index in [0.29, 0.717) is 4.31 Å². The average Bonchev–Trinajstić information content (AvgIpc) is 2.36. The maximum absolute atomic E-state index is 12.3. The largest absolute Gasteiger partial charge is 0.480 e. The molecule has 128 valence electrons. The molecule has 0 aromatic rings. The number of carbonyl (C=O) groups excluding carboxylic acids is 1. The van der Waals surface area contributed by atoms with Crippen molar-refractivity contribution in [2.75, 3.05) is 20.6 Å². The fraction of sp³-hybridized carbons (Fsp3) is 0.800. The van der Waals surface area contributed by atoms with E-state index in [2.05, 4.69) is 0 Å². The van der Waals surface area contributed by atoms with Crippen molar-refractivity contribution in [3.05, 3.63) is 0 Å². The Hall–Kier alpha value is -1.40. The summed E-state index contributed by atoms with van der Waals surface area (Å²) in [6.45, 7) is -0.157. The van der Waals surface area contributed by atoms with Crippen LogP contribution in [0.3, 0.4) is 0 Å². The molecule has 1 aliphatic heterocycles. The van der Waals surface area contributed by atoms with Gasteiger partial charge in [0.05, 0.1) is 6.04 Å². The summed E-state index contributed by atoms with van der Waals surface area (Å²) in [5.74, 6) is -3.93. The van der Waals surface area contributed by atoms with Gasteiger partial charge in [-0.25, -0.2) is 0 Å². The van der Waals surface area contributed by atoms with Crippen LogP contribution in [-0.4, -0.2) is 72.9 Å². The first-order valence-electron chi connectivity index (χ1n) is 6.19. The van der Waals surface area contributed by atoms with Gasteiger partial charge in [0.1, 0.15) is 6.04 Å². The number of carboxylic acids is 1. The molecule has 0 aromatic carbocycles. The highest BCUT2D eigenvalue weighted by Gasteiger charge is 2.47. The van der Waals surface area contributed by atoms with Crippen LogP contribution in [0.25, 0.3) is 0 Å². The number of carboxylic acid groups (broad SMARTS) is 1. The highest BCUT2D eigenvalue weighted by atomic mass is 32.2. The van der Waals surface area contributed by atoms with Crippen LogP contribution in [0.2, 0.25) is 0 Å². The normalized spacial score (nSPS) is 24.3. The van der Waals surface area contributed by atoms with Gasteiger partial charge in [0.15, 0.2) is 0 Å². The number of carbonyl (C=O) groups is 2. The number of hydrogen-bond donors (Lipinski definition) is 2. The van der Waals surface area contributed by atoms with E-state index >= 15 is 0 Å². The van der Waals surface area contributed by atoms with Crippen LogP contribution in [0, 0.1) is 0 Å². The van der Waals surface area contributed by atoms with Crippen molar-refractivity contribution in [2.45, 2.75) is 31.1 Å². The van der Waals surface area contributed by atoms with Crippen LogP contribution >= 0.6 is 0 Å². The van der Waals surface area contributed by atoms with Gasteiger partial charge in [-0.1, -0.05) is 0 Å². The van der Waals surface area contributed by atoms with Crippen LogP contribution in [0.15, 0.2) is 0 Å². The molecule has 2 atom stereocenters. The fourth-order valence-corrected chi connectivity index (χ4v) is 3.43. The van der Waals surface area contributed by atoms with Gasteiger partial charge in [0.2, 0.25) is 0 Å².